The Kier molecular flexibility index (Phi) is 5.13. The summed E-state index contributed by atoms with van der Waals surface area (Å²) >= 11 is 3.57. The Morgan fingerprint density at radius 3 is 2.75 bits per heavy atom. The second-order valence-corrected chi connectivity index (χ2v) is 7.46. The van der Waals surface area contributed by atoms with E-state index >= 15 is 0 Å². The lowest BCUT2D eigenvalue weighted by molar-refractivity contribution is 0.0601. The topological polar surface area (TPSA) is 71.5 Å². The maximum atomic E-state index is 11.8. The molecule has 0 radical (unpaired) electrons. The molecule has 1 aliphatic rings. The first-order chi connectivity index (χ1) is 13.6. The maximum absolute atomic E-state index is 11.8. The van der Waals surface area contributed by atoms with E-state index in [9.17, 15) is 4.79 Å². The lowest BCUT2D eigenvalue weighted by Crippen LogP contribution is -2.52. The van der Waals surface area contributed by atoms with Gasteiger partial charge in [-0.3, -0.25) is 0 Å². The molecule has 1 saturated heterocycles. The van der Waals surface area contributed by atoms with Gasteiger partial charge in [0.15, 0.2) is 5.82 Å². The molecule has 1 atom stereocenters. The minimum absolute atomic E-state index is 0.225. The van der Waals surface area contributed by atoms with E-state index in [1.54, 1.807) is 18.2 Å². The summed E-state index contributed by atoms with van der Waals surface area (Å²) in [5, 5.41) is 0. The first kappa shape index (κ1) is 18.6. The molecule has 144 valence electrons. The van der Waals surface area contributed by atoms with Crippen molar-refractivity contribution < 1.29 is 9.53 Å². The second-order valence-electron chi connectivity index (χ2n) is 6.71. The van der Waals surface area contributed by atoms with Crippen LogP contribution >= 0.6 is 15.9 Å². The second kappa shape index (κ2) is 7.71. The number of methoxy groups -OCH3 is 1. The van der Waals surface area contributed by atoms with E-state index in [0.717, 1.165) is 36.8 Å². The van der Waals surface area contributed by atoms with Gasteiger partial charge < -0.3 is 14.5 Å². The van der Waals surface area contributed by atoms with Crippen LogP contribution in [0.1, 0.15) is 17.3 Å². The molecule has 0 N–H and O–H groups in total. The van der Waals surface area contributed by atoms with Crippen molar-refractivity contribution in [2.45, 2.75) is 13.0 Å². The van der Waals surface area contributed by atoms with Crippen LogP contribution in [0.2, 0.25) is 0 Å². The molecule has 0 amide bonds. The standard InChI is InChI=1S/C20H20BrN5O2/c1-13-12-25(17-5-3-4-8-22-17)9-10-26(13)19-18(21)23-15-7-6-14(20(27)28-2)11-16(15)24-19/h3-8,11,13H,9-10,12H2,1-2H3/t13-/m0/s1. The molecule has 3 heterocycles. The zero-order chi connectivity index (χ0) is 19.7. The Bertz CT molecular complexity index is 1010. The Hall–Kier alpha value is -2.74. The van der Waals surface area contributed by atoms with Crippen molar-refractivity contribution in [1.29, 1.82) is 0 Å². The van der Waals surface area contributed by atoms with Crippen molar-refractivity contribution in [2.24, 2.45) is 0 Å². The van der Waals surface area contributed by atoms with Crippen LogP contribution in [0.15, 0.2) is 47.2 Å². The average molecular weight is 442 g/mol. The normalized spacial score (nSPS) is 17.0. The van der Waals surface area contributed by atoms with Crippen molar-refractivity contribution in [2.75, 3.05) is 36.5 Å². The number of ether oxygens (including phenoxy) is 1. The fourth-order valence-electron chi connectivity index (χ4n) is 3.47. The predicted molar refractivity (Wildman–Crippen MR) is 112 cm³/mol. The van der Waals surface area contributed by atoms with Gasteiger partial charge in [-0.05, 0) is 53.2 Å². The maximum Gasteiger partial charge on any atom is 0.337 e. The lowest BCUT2D eigenvalue weighted by Gasteiger charge is -2.41. The number of nitrogens with zero attached hydrogens (tertiary/aromatic N) is 5. The van der Waals surface area contributed by atoms with E-state index in [2.05, 4.69) is 42.6 Å². The first-order valence-electron chi connectivity index (χ1n) is 9.05. The third kappa shape index (κ3) is 3.52. The van der Waals surface area contributed by atoms with Crippen LogP contribution in [0, 0.1) is 0 Å². The van der Waals surface area contributed by atoms with Gasteiger partial charge in [-0.1, -0.05) is 6.07 Å². The number of carbonyl (C=O) groups is 1. The minimum atomic E-state index is -0.384. The monoisotopic (exact) mass is 441 g/mol. The first-order valence-corrected chi connectivity index (χ1v) is 9.84. The molecule has 0 bridgehead atoms. The molecule has 0 saturated carbocycles. The number of hydrogen-bond donors (Lipinski definition) is 0. The van der Waals surface area contributed by atoms with Crippen LogP contribution in [0.3, 0.4) is 0 Å². The van der Waals surface area contributed by atoms with Crippen LogP contribution in [-0.2, 0) is 4.74 Å². The number of benzene rings is 1. The molecule has 1 aromatic carbocycles. The summed E-state index contributed by atoms with van der Waals surface area (Å²) in [6.45, 7) is 4.65. The van der Waals surface area contributed by atoms with Crippen LogP contribution < -0.4 is 9.80 Å². The largest absolute Gasteiger partial charge is 0.465 e. The molecule has 0 unspecified atom stereocenters. The number of hydrogen-bond acceptors (Lipinski definition) is 7. The van der Waals surface area contributed by atoms with Crippen LogP contribution in [0.25, 0.3) is 11.0 Å². The van der Waals surface area contributed by atoms with E-state index in [4.69, 9.17) is 9.72 Å². The van der Waals surface area contributed by atoms with E-state index in [-0.39, 0.29) is 12.0 Å². The molecule has 0 spiro atoms. The number of aromatic nitrogens is 3. The van der Waals surface area contributed by atoms with Gasteiger partial charge in [0.1, 0.15) is 10.4 Å². The number of anilines is 2. The van der Waals surface area contributed by atoms with Crippen molar-refractivity contribution in [3.8, 4) is 0 Å². The van der Waals surface area contributed by atoms with Crippen molar-refractivity contribution >= 4 is 44.6 Å². The van der Waals surface area contributed by atoms with Gasteiger partial charge in [-0.15, -0.1) is 0 Å². The summed E-state index contributed by atoms with van der Waals surface area (Å²) in [7, 11) is 1.37. The highest BCUT2D eigenvalue weighted by Crippen LogP contribution is 2.29. The van der Waals surface area contributed by atoms with E-state index < -0.39 is 0 Å². The number of rotatable bonds is 3. The molecule has 1 fully saturated rings. The molecule has 28 heavy (non-hydrogen) atoms. The molecular weight excluding hydrogens is 422 g/mol. The van der Waals surface area contributed by atoms with Crippen LogP contribution in [0.5, 0.6) is 0 Å². The number of pyridine rings is 1. The molecule has 0 aliphatic carbocycles. The number of fused-ring (bicyclic) bond motifs is 1. The fraction of sp³-hybridized carbons (Fsp3) is 0.300. The van der Waals surface area contributed by atoms with E-state index in [1.807, 2.05) is 24.4 Å². The lowest BCUT2D eigenvalue weighted by atomic mass is 10.1. The molecule has 8 heteroatoms. The fourth-order valence-corrected chi connectivity index (χ4v) is 3.98. The quantitative estimate of drug-likeness (QED) is 0.577. The summed E-state index contributed by atoms with van der Waals surface area (Å²) in [6, 6.07) is 11.4. The molecule has 2 aromatic heterocycles. The Morgan fingerprint density at radius 2 is 2.04 bits per heavy atom. The summed E-state index contributed by atoms with van der Waals surface area (Å²) in [5.41, 5.74) is 1.86. The van der Waals surface area contributed by atoms with Gasteiger partial charge in [-0.2, -0.15) is 0 Å². The summed E-state index contributed by atoms with van der Waals surface area (Å²) in [5.74, 6) is 1.38. The minimum Gasteiger partial charge on any atom is -0.465 e. The van der Waals surface area contributed by atoms with Gasteiger partial charge in [0, 0.05) is 31.9 Å². The average Bonchev–Trinajstić information content (AvgIpc) is 2.73. The van der Waals surface area contributed by atoms with Crippen molar-refractivity contribution in [3.63, 3.8) is 0 Å². The predicted octanol–water partition coefficient (Wildman–Crippen LogP) is 3.29. The Morgan fingerprint density at radius 1 is 1.18 bits per heavy atom. The molecule has 1 aliphatic heterocycles. The van der Waals surface area contributed by atoms with Gasteiger partial charge in [0.2, 0.25) is 0 Å². The van der Waals surface area contributed by atoms with Gasteiger partial charge in [0.25, 0.3) is 0 Å². The number of esters is 1. The van der Waals surface area contributed by atoms with Crippen LogP contribution in [-0.4, -0.2) is 53.7 Å². The van der Waals surface area contributed by atoms with Crippen LogP contribution in [0.4, 0.5) is 11.6 Å². The highest BCUT2D eigenvalue weighted by Gasteiger charge is 2.27. The van der Waals surface area contributed by atoms with Crippen molar-refractivity contribution in [1.82, 2.24) is 15.0 Å². The molecule has 7 nitrogen and oxygen atoms in total. The third-order valence-corrected chi connectivity index (χ3v) is 5.43. The zero-order valence-corrected chi connectivity index (χ0v) is 17.3. The highest BCUT2D eigenvalue weighted by molar-refractivity contribution is 9.10. The molecule has 3 aromatic rings. The van der Waals surface area contributed by atoms with Gasteiger partial charge >= 0.3 is 5.97 Å². The smallest absolute Gasteiger partial charge is 0.337 e. The van der Waals surface area contributed by atoms with E-state index in [0.29, 0.717) is 15.7 Å². The third-order valence-electron chi connectivity index (χ3n) is 4.90. The number of carbonyl (C=O) groups excluding carboxylic acids is 1. The zero-order valence-electron chi connectivity index (χ0n) is 15.7. The number of piperazine rings is 1. The van der Waals surface area contributed by atoms with Crippen molar-refractivity contribution in [3.05, 3.63) is 52.8 Å². The SMILES string of the molecule is COC(=O)c1ccc2nc(Br)c(N3CCN(c4ccccn4)C[C@@H]3C)nc2c1. The Labute approximate surface area is 171 Å². The van der Waals surface area contributed by atoms with E-state index in [1.165, 1.54) is 7.11 Å². The summed E-state index contributed by atoms with van der Waals surface area (Å²) in [6.07, 6.45) is 1.82. The summed E-state index contributed by atoms with van der Waals surface area (Å²) in [4.78, 5) is 30.2. The number of halogens is 1. The highest BCUT2D eigenvalue weighted by atomic mass is 79.9. The summed E-state index contributed by atoms with van der Waals surface area (Å²) < 4.78 is 5.51. The van der Waals surface area contributed by atoms with Gasteiger partial charge in [-0.25, -0.2) is 19.7 Å². The molecule has 4 rings (SSSR count). The molecular formula is C20H20BrN5O2. The Balaban J connectivity index is 1.63. The van der Waals surface area contributed by atoms with Gasteiger partial charge in [0.05, 0.1) is 23.7 Å².